The van der Waals surface area contributed by atoms with Crippen molar-refractivity contribution in [1.82, 2.24) is 9.80 Å². The van der Waals surface area contributed by atoms with Gasteiger partial charge in [0.15, 0.2) is 5.78 Å². The number of hydrogen-bond acceptors (Lipinski definition) is 5. The number of rotatable bonds is 6. The maximum absolute atomic E-state index is 14.8. The molecular weight excluding hydrogens is 399 g/mol. The molecular formula is C23H27FN4O3. The molecule has 0 bridgehead atoms. The summed E-state index contributed by atoms with van der Waals surface area (Å²) < 4.78 is 20.0. The van der Waals surface area contributed by atoms with Crippen molar-refractivity contribution in [2.24, 2.45) is 5.73 Å². The van der Waals surface area contributed by atoms with Gasteiger partial charge < -0.3 is 15.4 Å². The molecule has 2 aliphatic heterocycles. The Balaban J connectivity index is 1.51. The molecule has 2 aliphatic rings. The normalized spacial score (nSPS) is 17.3. The highest BCUT2D eigenvalue weighted by Crippen LogP contribution is 2.22. The highest BCUT2D eigenvalue weighted by molar-refractivity contribution is 5.97. The SMILES string of the molecule is NCC(=O)c1ccc(CN(C(=O)N2CCN(C3COC3)CC2)c2ccccc2)c(F)c1. The summed E-state index contributed by atoms with van der Waals surface area (Å²) in [5.41, 5.74) is 6.65. The molecule has 0 saturated carbocycles. The van der Waals surface area contributed by atoms with Gasteiger partial charge in [0.05, 0.1) is 32.3 Å². The summed E-state index contributed by atoms with van der Waals surface area (Å²) in [6, 6.07) is 13.8. The van der Waals surface area contributed by atoms with E-state index in [0.717, 1.165) is 26.3 Å². The molecule has 4 rings (SSSR count). The summed E-state index contributed by atoms with van der Waals surface area (Å²) in [5.74, 6) is -0.848. The molecule has 8 heteroatoms. The fraction of sp³-hybridized carbons (Fsp3) is 0.391. The number of carbonyl (C=O) groups is 2. The summed E-state index contributed by atoms with van der Waals surface area (Å²) in [7, 11) is 0. The average Bonchev–Trinajstić information content (AvgIpc) is 2.77. The number of carbonyl (C=O) groups excluding carboxylic acids is 2. The van der Waals surface area contributed by atoms with Gasteiger partial charge in [-0.3, -0.25) is 14.6 Å². The van der Waals surface area contributed by atoms with Crippen LogP contribution in [0.3, 0.4) is 0 Å². The van der Waals surface area contributed by atoms with Gasteiger partial charge in [-0.15, -0.1) is 0 Å². The lowest BCUT2D eigenvalue weighted by Crippen LogP contribution is -2.59. The second-order valence-electron chi connectivity index (χ2n) is 7.85. The summed E-state index contributed by atoms with van der Waals surface area (Å²) in [6.07, 6.45) is 0. The second kappa shape index (κ2) is 9.55. The van der Waals surface area contributed by atoms with Gasteiger partial charge in [0, 0.05) is 43.0 Å². The number of urea groups is 1. The molecule has 0 aromatic heterocycles. The zero-order chi connectivity index (χ0) is 21.8. The van der Waals surface area contributed by atoms with Crippen LogP contribution in [0, 0.1) is 5.82 Å². The highest BCUT2D eigenvalue weighted by atomic mass is 19.1. The lowest BCUT2D eigenvalue weighted by molar-refractivity contribution is -0.0738. The largest absolute Gasteiger partial charge is 0.378 e. The molecule has 0 unspecified atom stereocenters. The molecule has 31 heavy (non-hydrogen) atoms. The van der Waals surface area contributed by atoms with Crippen LogP contribution in [0.1, 0.15) is 15.9 Å². The van der Waals surface area contributed by atoms with Crippen LogP contribution in [0.5, 0.6) is 0 Å². The minimum atomic E-state index is -0.525. The molecule has 2 aromatic carbocycles. The lowest BCUT2D eigenvalue weighted by atomic mass is 10.1. The van der Waals surface area contributed by atoms with Crippen LogP contribution >= 0.6 is 0 Å². The van der Waals surface area contributed by atoms with Crippen LogP contribution in [-0.4, -0.2) is 73.6 Å². The molecule has 0 spiro atoms. The quantitative estimate of drug-likeness (QED) is 0.716. The Labute approximate surface area is 181 Å². The van der Waals surface area contributed by atoms with E-state index in [0.29, 0.717) is 30.4 Å². The number of anilines is 1. The first kappa shape index (κ1) is 21.4. The molecule has 164 valence electrons. The second-order valence-corrected chi connectivity index (χ2v) is 7.85. The summed E-state index contributed by atoms with van der Waals surface area (Å²) in [4.78, 5) is 30.9. The van der Waals surface area contributed by atoms with Crippen LogP contribution in [0.25, 0.3) is 0 Å². The van der Waals surface area contributed by atoms with E-state index in [4.69, 9.17) is 10.5 Å². The minimum absolute atomic E-state index is 0.0719. The van der Waals surface area contributed by atoms with E-state index in [9.17, 15) is 14.0 Å². The average molecular weight is 426 g/mol. The molecule has 2 saturated heterocycles. The number of benzene rings is 2. The Morgan fingerprint density at radius 1 is 1.06 bits per heavy atom. The van der Waals surface area contributed by atoms with E-state index in [1.54, 1.807) is 17.0 Å². The molecule has 2 fully saturated rings. The maximum Gasteiger partial charge on any atom is 0.324 e. The van der Waals surface area contributed by atoms with Crippen molar-refractivity contribution < 1.29 is 18.7 Å². The number of piperazine rings is 1. The van der Waals surface area contributed by atoms with E-state index < -0.39 is 5.82 Å². The Morgan fingerprint density at radius 2 is 1.77 bits per heavy atom. The van der Waals surface area contributed by atoms with Crippen LogP contribution in [0.2, 0.25) is 0 Å². The van der Waals surface area contributed by atoms with Crippen molar-refractivity contribution in [3.05, 3.63) is 65.5 Å². The molecule has 2 aromatic rings. The van der Waals surface area contributed by atoms with Crippen molar-refractivity contribution in [3.8, 4) is 0 Å². The number of para-hydroxylation sites is 1. The number of hydrogen-bond donors (Lipinski definition) is 1. The van der Waals surface area contributed by atoms with E-state index >= 15 is 0 Å². The zero-order valence-electron chi connectivity index (χ0n) is 17.4. The molecule has 2 heterocycles. The molecule has 7 nitrogen and oxygen atoms in total. The van der Waals surface area contributed by atoms with Crippen molar-refractivity contribution in [2.75, 3.05) is 50.8 Å². The predicted molar refractivity (Wildman–Crippen MR) is 116 cm³/mol. The lowest BCUT2D eigenvalue weighted by Gasteiger charge is -2.43. The molecule has 0 aliphatic carbocycles. The molecule has 2 N–H and O–H groups in total. The minimum Gasteiger partial charge on any atom is -0.378 e. The van der Waals surface area contributed by atoms with Gasteiger partial charge in [0.25, 0.3) is 0 Å². The van der Waals surface area contributed by atoms with Crippen LogP contribution in [0.4, 0.5) is 14.9 Å². The maximum atomic E-state index is 14.8. The van der Waals surface area contributed by atoms with E-state index in [2.05, 4.69) is 4.90 Å². The topological polar surface area (TPSA) is 79.1 Å². The summed E-state index contributed by atoms with van der Waals surface area (Å²) in [6.45, 7) is 4.24. The van der Waals surface area contributed by atoms with Gasteiger partial charge >= 0.3 is 6.03 Å². The summed E-state index contributed by atoms with van der Waals surface area (Å²) >= 11 is 0. The van der Waals surface area contributed by atoms with Crippen LogP contribution in [0.15, 0.2) is 48.5 Å². The van der Waals surface area contributed by atoms with Gasteiger partial charge in [-0.25, -0.2) is 9.18 Å². The van der Waals surface area contributed by atoms with Gasteiger partial charge in [0.2, 0.25) is 0 Å². The van der Waals surface area contributed by atoms with Gasteiger partial charge in [-0.1, -0.05) is 30.3 Å². The first-order valence-corrected chi connectivity index (χ1v) is 10.5. The van der Waals surface area contributed by atoms with E-state index in [1.165, 1.54) is 6.07 Å². The van der Waals surface area contributed by atoms with Crippen molar-refractivity contribution >= 4 is 17.5 Å². The monoisotopic (exact) mass is 426 g/mol. The number of halogens is 1. The molecule has 0 atom stereocenters. The highest BCUT2D eigenvalue weighted by Gasteiger charge is 2.32. The van der Waals surface area contributed by atoms with E-state index in [-0.39, 0.29) is 30.5 Å². The third kappa shape index (κ3) is 4.76. The number of nitrogens with zero attached hydrogens (tertiary/aromatic N) is 3. The Bertz CT molecular complexity index is 928. The van der Waals surface area contributed by atoms with Crippen molar-refractivity contribution in [1.29, 1.82) is 0 Å². The number of nitrogens with two attached hydrogens (primary N) is 1. The van der Waals surface area contributed by atoms with Crippen molar-refractivity contribution in [3.63, 3.8) is 0 Å². The third-order valence-corrected chi connectivity index (χ3v) is 5.91. The number of ketones is 1. The summed E-state index contributed by atoms with van der Waals surface area (Å²) in [5, 5.41) is 0. The van der Waals surface area contributed by atoms with Crippen LogP contribution in [-0.2, 0) is 11.3 Å². The molecule has 2 amide bonds. The first-order valence-electron chi connectivity index (χ1n) is 10.5. The van der Waals surface area contributed by atoms with E-state index in [1.807, 2.05) is 35.2 Å². The first-order chi connectivity index (χ1) is 15.1. The van der Waals surface area contributed by atoms with Gasteiger partial charge in [-0.2, -0.15) is 0 Å². The number of ether oxygens (including phenoxy) is 1. The van der Waals surface area contributed by atoms with Crippen LogP contribution < -0.4 is 10.6 Å². The predicted octanol–water partition coefficient (Wildman–Crippen LogP) is 2.11. The zero-order valence-corrected chi connectivity index (χ0v) is 17.4. The van der Waals surface area contributed by atoms with Crippen molar-refractivity contribution in [2.45, 2.75) is 12.6 Å². The van der Waals surface area contributed by atoms with Gasteiger partial charge in [-0.05, 0) is 18.2 Å². The Hall–Kier alpha value is -2.81. The Morgan fingerprint density at radius 3 is 2.35 bits per heavy atom. The Kier molecular flexibility index (Phi) is 6.60. The smallest absolute Gasteiger partial charge is 0.324 e. The molecule has 0 radical (unpaired) electrons. The standard InChI is InChI=1S/C23H27FN4O3/c24-21-12-17(22(29)13-25)6-7-18(21)14-28(19-4-2-1-3-5-19)23(30)27-10-8-26(9-11-27)20-15-31-16-20/h1-7,12,20H,8-11,13-16,25H2. The number of Topliss-reactive ketones (excluding diaryl/α,β-unsaturated/α-hetero) is 1. The van der Waals surface area contributed by atoms with Gasteiger partial charge in [0.1, 0.15) is 5.82 Å². The number of amides is 2. The third-order valence-electron chi connectivity index (χ3n) is 5.91. The fourth-order valence-corrected chi connectivity index (χ4v) is 3.90. The fourth-order valence-electron chi connectivity index (χ4n) is 3.90.